The van der Waals surface area contributed by atoms with Crippen LogP contribution in [0.5, 0.6) is 5.75 Å². The molecule has 0 radical (unpaired) electrons. The SMILES string of the molecule is COc1ccccc1-c1cccc2c1NC(C)(C)C=C2CSCCc1ccccc1. The summed E-state index contributed by atoms with van der Waals surface area (Å²) in [5, 5.41) is 3.76. The van der Waals surface area contributed by atoms with Crippen molar-refractivity contribution >= 4 is 23.0 Å². The van der Waals surface area contributed by atoms with Gasteiger partial charge in [-0.3, -0.25) is 0 Å². The number of para-hydroxylation sites is 2. The van der Waals surface area contributed by atoms with Crippen LogP contribution in [-0.4, -0.2) is 24.2 Å². The molecular formula is C27H29NOS. The van der Waals surface area contributed by atoms with Crippen LogP contribution >= 0.6 is 11.8 Å². The van der Waals surface area contributed by atoms with Crippen molar-refractivity contribution in [1.82, 2.24) is 0 Å². The Balaban J connectivity index is 1.59. The maximum atomic E-state index is 5.64. The Morgan fingerprint density at radius 1 is 0.833 bits per heavy atom. The first-order valence-electron chi connectivity index (χ1n) is 10.5. The van der Waals surface area contributed by atoms with Crippen LogP contribution < -0.4 is 10.1 Å². The van der Waals surface area contributed by atoms with E-state index >= 15 is 0 Å². The van der Waals surface area contributed by atoms with Crippen LogP contribution in [0.3, 0.4) is 0 Å². The molecule has 1 heterocycles. The zero-order valence-corrected chi connectivity index (χ0v) is 18.8. The normalized spacial score (nSPS) is 14.4. The molecule has 3 aromatic carbocycles. The number of methoxy groups -OCH3 is 1. The van der Waals surface area contributed by atoms with Crippen LogP contribution in [0.4, 0.5) is 5.69 Å². The molecule has 0 aromatic heterocycles. The topological polar surface area (TPSA) is 21.3 Å². The minimum absolute atomic E-state index is 0.0968. The number of ether oxygens (including phenoxy) is 1. The molecule has 0 saturated heterocycles. The van der Waals surface area contributed by atoms with Gasteiger partial charge in [0.1, 0.15) is 5.75 Å². The van der Waals surface area contributed by atoms with E-state index in [0.29, 0.717) is 0 Å². The fourth-order valence-electron chi connectivity index (χ4n) is 4.05. The highest BCUT2D eigenvalue weighted by atomic mass is 32.2. The first-order chi connectivity index (χ1) is 14.6. The highest BCUT2D eigenvalue weighted by Crippen LogP contribution is 2.43. The summed E-state index contributed by atoms with van der Waals surface area (Å²) in [6.07, 6.45) is 3.49. The molecule has 0 aliphatic carbocycles. The third-order valence-electron chi connectivity index (χ3n) is 5.43. The summed E-state index contributed by atoms with van der Waals surface area (Å²) < 4.78 is 5.64. The Kier molecular flexibility index (Phi) is 6.19. The Morgan fingerprint density at radius 2 is 1.53 bits per heavy atom. The van der Waals surface area contributed by atoms with E-state index in [1.165, 1.54) is 28.0 Å². The summed E-state index contributed by atoms with van der Waals surface area (Å²) in [6, 6.07) is 25.6. The predicted octanol–water partition coefficient (Wildman–Crippen LogP) is 6.93. The number of anilines is 1. The van der Waals surface area contributed by atoms with Gasteiger partial charge < -0.3 is 10.1 Å². The Hall–Kier alpha value is -2.65. The van der Waals surface area contributed by atoms with E-state index in [2.05, 4.69) is 85.9 Å². The standard InChI is InChI=1S/C27H29NOS/c1-27(2)18-21(19-30-17-16-20-10-5-4-6-11-20)22-13-9-14-24(26(22)28-27)23-12-7-8-15-25(23)29-3/h4-15,18,28H,16-17,19H2,1-3H3. The second kappa shape index (κ2) is 9.01. The zero-order chi connectivity index (χ0) is 21.0. The van der Waals surface area contributed by atoms with Crippen LogP contribution in [0.2, 0.25) is 0 Å². The highest BCUT2D eigenvalue weighted by Gasteiger charge is 2.27. The van der Waals surface area contributed by atoms with Crippen LogP contribution in [0.1, 0.15) is 25.0 Å². The van der Waals surface area contributed by atoms with Gasteiger partial charge in [-0.2, -0.15) is 11.8 Å². The lowest BCUT2D eigenvalue weighted by Crippen LogP contribution is -2.32. The highest BCUT2D eigenvalue weighted by molar-refractivity contribution is 7.99. The van der Waals surface area contributed by atoms with Crippen molar-refractivity contribution in [3.63, 3.8) is 0 Å². The number of aryl methyl sites for hydroxylation is 1. The van der Waals surface area contributed by atoms with Crippen molar-refractivity contribution in [2.75, 3.05) is 23.9 Å². The van der Waals surface area contributed by atoms with E-state index in [1.54, 1.807) is 7.11 Å². The second-order valence-electron chi connectivity index (χ2n) is 8.23. The second-order valence-corrected chi connectivity index (χ2v) is 9.34. The van der Waals surface area contributed by atoms with E-state index in [9.17, 15) is 0 Å². The first kappa shape index (κ1) is 20.6. The summed E-state index contributed by atoms with van der Waals surface area (Å²) in [6.45, 7) is 4.48. The molecule has 0 amide bonds. The monoisotopic (exact) mass is 415 g/mol. The minimum atomic E-state index is -0.0968. The molecule has 1 aliphatic heterocycles. The summed E-state index contributed by atoms with van der Waals surface area (Å²) >= 11 is 2.01. The lowest BCUT2D eigenvalue weighted by molar-refractivity contribution is 0.416. The zero-order valence-electron chi connectivity index (χ0n) is 17.9. The molecule has 154 valence electrons. The van der Waals surface area contributed by atoms with E-state index in [4.69, 9.17) is 4.74 Å². The average Bonchev–Trinajstić information content (AvgIpc) is 2.76. The fourth-order valence-corrected chi connectivity index (χ4v) is 5.04. The average molecular weight is 416 g/mol. The molecule has 2 nitrogen and oxygen atoms in total. The molecule has 1 N–H and O–H groups in total. The molecular weight excluding hydrogens is 386 g/mol. The van der Waals surface area contributed by atoms with Gasteiger partial charge in [-0.1, -0.05) is 72.8 Å². The van der Waals surface area contributed by atoms with Gasteiger partial charge in [-0.25, -0.2) is 0 Å². The quantitative estimate of drug-likeness (QED) is 0.423. The molecule has 0 spiro atoms. The van der Waals surface area contributed by atoms with Crippen LogP contribution in [0.15, 0.2) is 78.9 Å². The molecule has 0 atom stereocenters. The van der Waals surface area contributed by atoms with E-state index in [-0.39, 0.29) is 5.54 Å². The summed E-state index contributed by atoms with van der Waals surface area (Å²) in [5.74, 6) is 3.04. The third-order valence-corrected chi connectivity index (χ3v) is 6.43. The van der Waals surface area contributed by atoms with Crippen molar-refractivity contribution in [2.24, 2.45) is 0 Å². The smallest absolute Gasteiger partial charge is 0.126 e. The molecule has 0 bridgehead atoms. The largest absolute Gasteiger partial charge is 0.496 e. The maximum absolute atomic E-state index is 5.64. The van der Waals surface area contributed by atoms with Gasteiger partial charge in [0.25, 0.3) is 0 Å². The van der Waals surface area contributed by atoms with Crippen LogP contribution in [0.25, 0.3) is 16.7 Å². The summed E-state index contributed by atoms with van der Waals surface area (Å²) in [7, 11) is 1.74. The van der Waals surface area contributed by atoms with E-state index < -0.39 is 0 Å². The maximum Gasteiger partial charge on any atom is 0.126 e. The number of hydrogen-bond acceptors (Lipinski definition) is 3. The third kappa shape index (κ3) is 4.57. The van der Waals surface area contributed by atoms with Crippen molar-refractivity contribution in [3.05, 3.63) is 90.0 Å². The van der Waals surface area contributed by atoms with Crippen molar-refractivity contribution in [1.29, 1.82) is 0 Å². The fraction of sp³-hybridized carbons (Fsp3) is 0.259. The van der Waals surface area contributed by atoms with Gasteiger partial charge in [-0.15, -0.1) is 0 Å². The van der Waals surface area contributed by atoms with Crippen molar-refractivity contribution < 1.29 is 4.74 Å². The van der Waals surface area contributed by atoms with Gasteiger partial charge in [0.2, 0.25) is 0 Å². The van der Waals surface area contributed by atoms with Crippen LogP contribution in [-0.2, 0) is 6.42 Å². The van der Waals surface area contributed by atoms with E-state index in [0.717, 1.165) is 29.2 Å². The molecule has 3 aromatic rings. The Bertz CT molecular complexity index is 1040. The molecule has 0 saturated carbocycles. The lowest BCUT2D eigenvalue weighted by atomic mass is 9.87. The Morgan fingerprint density at radius 3 is 2.33 bits per heavy atom. The summed E-state index contributed by atoms with van der Waals surface area (Å²) in [5.41, 5.74) is 7.53. The van der Waals surface area contributed by atoms with Gasteiger partial charge in [0, 0.05) is 22.4 Å². The number of rotatable bonds is 7. The molecule has 0 unspecified atom stereocenters. The van der Waals surface area contributed by atoms with Crippen molar-refractivity contribution in [3.8, 4) is 16.9 Å². The number of benzene rings is 3. The van der Waals surface area contributed by atoms with Crippen LogP contribution in [0, 0.1) is 0 Å². The van der Waals surface area contributed by atoms with Gasteiger partial charge in [0.15, 0.2) is 0 Å². The predicted molar refractivity (Wildman–Crippen MR) is 132 cm³/mol. The van der Waals surface area contributed by atoms with Gasteiger partial charge in [0.05, 0.1) is 18.3 Å². The molecule has 30 heavy (non-hydrogen) atoms. The van der Waals surface area contributed by atoms with Crippen molar-refractivity contribution in [2.45, 2.75) is 25.8 Å². The molecule has 0 fully saturated rings. The minimum Gasteiger partial charge on any atom is -0.496 e. The summed E-state index contributed by atoms with van der Waals surface area (Å²) in [4.78, 5) is 0. The first-order valence-corrected chi connectivity index (χ1v) is 11.6. The van der Waals surface area contributed by atoms with Gasteiger partial charge in [-0.05, 0) is 43.2 Å². The molecule has 4 rings (SSSR count). The number of thioether (sulfide) groups is 1. The number of nitrogens with one attached hydrogen (secondary N) is 1. The number of fused-ring (bicyclic) bond motifs is 1. The molecule has 1 aliphatic rings. The Labute approximate surface area is 184 Å². The van der Waals surface area contributed by atoms with Gasteiger partial charge >= 0.3 is 0 Å². The molecule has 3 heteroatoms. The number of hydrogen-bond donors (Lipinski definition) is 1. The van der Waals surface area contributed by atoms with E-state index in [1.807, 2.05) is 23.9 Å². The lowest BCUT2D eigenvalue weighted by Gasteiger charge is -2.34.